The quantitative estimate of drug-likeness (QED) is 0.737. The lowest BCUT2D eigenvalue weighted by Gasteiger charge is -2.25. The van der Waals surface area contributed by atoms with Crippen LogP contribution in [0.2, 0.25) is 0 Å². The van der Waals surface area contributed by atoms with Crippen LogP contribution in [0.1, 0.15) is 26.2 Å². The summed E-state index contributed by atoms with van der Waals surface area (Å²) in [6, 6.07) is -1.06. The van der Waals surface area contributed by atoms with Crippen molar-refractivity contribution in [3.8, 4) is 0 Å². The lowest BCUT2D eigenvalue weighted by Crippen LogP contribution is -2.48. The number of hydrogen-bond donors (Lipinski definition) is 1. The molecule has 1 saturated carbocycles. The van der Waals surface area contributed by atoms with Gasteiger partial charge in [0.05, 0.1) is 7.11 Å². The SMILES string of the molecule is COC(=O)C(C)S(=O)(=O)N1CC2CCCC2C1C(=O)O. The van der Waals surface area contributed by atoms with Gasteiger partial charge in [0.25, 0.3) is 0 Å². The predicted octanol–water partition coefficient (Wildman–Crippen LogP) is 0.0628. The first-order chi connectivity index (χ1) is 9.30. The number of methoxy groups -OCH3 is 1. The van der Waals surface area contributed by atoms with Gasteiger partial charge in [-0.15, -0.1) is 0 Å². The van der Waals surface area contributed by atoms with Gasteiger partial charge in [0.1, 0.15) is 6.04 Å². The summed E-state index contributed by atoms with van der Waals surface area (Å²) in [7, 11) is -2.90. The number of carbonyl (C=O) groups excluding carboxylic acids is 1. The Kier molecular flexibility index (Phi) is 4.06. The molecule has 0 bridgehead atoms. The maximum Gasteiger partial charge on any atom is 0.325 e. The summed E-state index contributed by atoms with van der Waals surface area (Å²) in [6.07, 6.45) is 2.49. The monoisotopic (exact) mass is 305 g/mol. The summed E-state index contributed by atoms with van der Waals surface area (Å²) in [5.74, 6) is -2.07. The molecule has 0 aromatic heterocycles. The molecule has 1 saturated heterocycles. The summed E-state index contributed by atoms with van der Waals surface area (Å²) in [4.78, 5) is 22.9. The Morgan fingerprint density at radius 1 is 1.35 bits per heavy atom. The van der Waals surface area contributed by atoms with Crippen LogP contribution >= 0.6 is 0 Å². The van der Waals surface area contributed by atoms with Crippen molar-refractivity contribution in [3.63, 3.8) is 0 Å². The number of fused-ring (bicyclic) bond motifs is 1. The third kappa shape index (κ3) is 2.31. The number of carboxylic acid groups (broad SMARTS) is 1. The molecule has 1 heterocycles. The molecule has 0 aromatic carbocycles. The molecule has 0 amide bonds. The number of rotatable bonds is 4. The van der Waals surface area contributed by atoms with Crippen LogP contribution in [0.25, 0.3) is 0 Å². The highest BCUT2D eigenvalue weighted by atomic mass is 32.2. The van der Waals surface area contributed by atoms with Gasteiger partial charge in [-0.05, 0) is 31.6 Å². The number of aliphatic carboxylic acids is 1. The Labute approximate surface area is 117 Å². The van der Waals surface area contributed by atoms with Crippen molar-refractivity contribution in [2.45, 2.75) is 37.5 Å². The lowest BCUT2D eigenvalue weighted by molar-refractivity contribution is -0.143. The number of carboxylic acids is 1. The lowest BCUT2D eigenvalue weighted by atomic mass is 9.94. The normalized spacial score (nSPS) is 31.8. The molecule has 8 heteroatoms. The Morgan fingerprint density at radius 2 is 2.00 bits per heavy atom. The van der Waals surface area contributed by atoms with Crippen molar-refractivity contribution < 1.29 is 27.9 Å². The highest BCUT2D eigenvalue weighted by Crippen LogP contribution is 2.43. The van der Waals surface area contributed by atoms with Gasteiger partial charge >= 0.3 is 11.9 Å². The van der Waals surface area contributed by atoms with E-state index < -0.39 is 33.3 Å². The van der Waals surface area contributed by atoms with E-state index in [9.17, 15) is 23.1 Å². The standard InChI is InChI=1S/C12H19NO6S/c1-7(12(16)19-2)20(17,18)13-6-8-4-3-5-9(8)10(13)11(14)15/h7-10H,3-6H2,1-2H3,(H,14,15). The number of sulfonamides is 1. The van der Waals surface area contributed by atoms with Crippen molar-refractivity contribution in [3.05, 3.63) is 0 Å². The maximum atomic E-state index is 12.4. The first kappa shape index (κ1) is 15.2. The van der Waals surface area contributed by atoms with E-state index >= 15 is 0 Å². The zero-order chi connectivity index (χ0) is 15.1. The van der Waals surface area contributed by atoms with Gasteiger partial charge in [-0.1, -0.05) is 6.42 Å². The summed E-state index contributed by atoms with van der Waals surface area (Å²) < 4.78 is 30.3. The number of ether oxygens (including phenoxy) is 1. The highest BCUT2D eigenvalue weighted by Gasteiger charge is 2.53. The molecular weight excluding hydrogens is 286 g/mol. The van der Waals surface area contributed by atoms with Crippen LogP contribution in [0, 0.1) is 11.8 Å². The third-order valence-corrected chi connectivity index (χ3v) is 6.52. The van der Waals surface area contributed by atoms with E-state index in [0.717, 1.165) is 30.7 Å². The van der Waals surface area contributed by atoms with Gasteiger partial charge in [0.2, 0.25) is 10.0 Å². The first-order valence-corrected chi connectivity index (χ1v) is 8.12. The summed E-state index contributed by atoms with van der Waals surface area (Å²) in [5, 5.41) is 7.97. The maximum absolute atomic E-state index is 12.4. The molecule has 4 atom stereocenters. The van der Waals surface area contributed by atoms with Crippen LogP contribution < -0.4 is 0 Å². The zero-order valence-corrected chi connectivity index (χ0v) is 12.3. The topological polar surface area (TPSA) is 101 Å². The molecule has 0 radical (unpaired) electrons. The fourth-order valence-corrected chi connectivity index (χ4v) is 5.03. The number of hydrogen-bond acceptors (Lipinski definition) is 5. The molecule has 2 rings (SSSR count). The van der Waals surface area contributed by atoms with Crippen LogP contribution in [0.5, 0.6) is 0 Å². The van der Waals surface area contributed by atoms with Crippen molar-refractivity contribution in [1.82, 2.24) is 4.31 Å². The van der Waals surface area contributed by atoms with Crippen molar-refractivity contribution in [1.29, 1.82) is 0 Å². The molecule has 4 unspecified atom stereocenters. The minimum atomic E-state index is -4.01. The van der Waals surface area contributed by atoms with E-state index in [4.69, 9.17) is 0 Å². The Bertz CT molecular complexity index is 516. The van der Waals surface area contributed by atoms with Gasteiger partial charge in [0, 0.05) is 6.54 Å². The highest BCUT2D eigenvalue weighted by molar-refractivity contribution is 7.90. The van der Waals surface area contributed by atoms with E-state index in [1.165, 1.54) is 6.92 Å². The first-order valence-electron chi connectivity index (χ1n) is 6.62. The van der Waals surface area contributed by atoms with Gasteiger partial charge in [0.15, 0.2) is 5.25 Å². The summed E-state index contributed by atoms with van der Waals surface area (Å²) >= 11 is 0. The summed E-state index contributed by atoms with van der Waals surface area (Å²) in [5.41, 5.74) is 0. The third-order valence-electron chi connectivity index (χ3n) is 4.41. The van der Waals surface area contributed by atoms with Crippen LogP contribution in [0.3, 0.4) is 0 Å². The van der Waals surface area contributed by atoms with Crippen molar-refractivity contribution >= 4 is 22.0 Å². The van der Waals surface area contributed by atoms with E-state index in [2.05, 4.69) is 4.74 Å². The number of carbonyl (C=O) groups is 2. The molecule has 2 fully saturated rings. The Balaban J connectivity index is 2.31. The summed E-state index contributed by atoms with van der Waals surface area (Å²) in [6.45, 7) is 1.42. The van der Waals surface area contributed by atoms with Gasteiger partial charge in [-0.3, -0.25) is 9.59 Å². The minimum absolute atomic E-state index is 0.0794. The predicted molar refractivity (Wildman–Crippen MR) is 69.4 cm³/mol. The molecule has 0 spiro atoms. The van der Waals surface area contributed by atoms with E-state index in [1.54, 1.807) is 0 Å². The van der Waals surface area contributed by atoms with Crippen LogP contribution in [0.4, 0.5) is 0 Å². The number of esters is 1. The molecule has 2 aliphatic rings. The largest absolute Gasteiger partial charge is 0.480 e. The van der Waals surface area contributed by atoms with Crippen LogP contribution in [0.15, 0.2) is 0 Å². The fraction of sp³-hybridized carbons (Fsp3) is 0.833. The second kappa shape index (κ2) is 5.33. The second-order valence-electron chi connectivity index (χ2n) is 5.42. The molecule has 0 aromatic rings. The number of nitrogens with zero attached hydrogens (tertiary/aromatic N) is 1. The van der Waals surface area contributed by atoms with Gasteiger partial charge in [-0.2, -0.15) is 4.31 Å². The molecule has 20 heavy (non-hydrogen) atoms. The molecule has 1 N–H and O–H groups in total. The van der Waals surface area contributed by atoms with Crippen molar-refractivity contribution in [2.75, 3.05) is 13.7 Å². The average molecular weight is 305 g/mol. The Morgan fingerprint density at radius 3 is 2.55 bits per heavy atom. The fourth-order valence-electron chi connectivity index (χ4n) is 3.33. The molecule has 1 aliphatic heterocycles. The molecular formula is C12H19NO6S. The van der Waals surface area contributed by atoms with Crippen molar-refractivity contribution in [2.24, 2.45) is 11.8 Å². The van der Waals surface area contributed by atoms with E-state index in [1.807, 2.05) is 0 Å². The van der Waals surface area contributed by atoms with Gasteiger partial charge < -0.3 is 9.84 Å². The molecule has 7 nitrogen and oxygen atoms in total. The smallest absolute Gasteiger partial charge is 0.325 e. The van der Waals surface area contributed by atoms with E-state index in [0.29, 0.717) is 0 Å². The Hall–Kier alpha value is -1.15. The van der Waals surface area contributed by atoms with Crippen LogP contribution in [-0.4, -0.2) is 54.7 Å². The average Bonchev–Trinajstić information content (AvgIpc) is 2.96. The van der Waals surface area contributed by atoms with E-state index in [-0.39, 0.29) is 18.4 Å². The zero-order valence-electron chi connectivity index (χ0n) is 11.5. The van der Waals surface area contributed by atoms with Gasteiger partial charge in [-0.25, -0.2) is 8.42 Å². The molecule has 1 aliphatic carbocycles. The molecule has 114 valence electrons. The second-order valence-corrected chi connectivity index (χ2v) is 7.62. The van der Waals surface area contributed by atoms with Crippen LogP contribution in [-0.2, 0) is 24.3 Å². The minimum Gasteiger partial charge on any atom is -0.480 e.